The molecule has 1 heterocycles. The van der Waals surface area contributed by atoms with Gasteiger partial charge >= 0.3 is 11.9 Å². The topological polar surface area (TPSA) is 138 Å². The Morgan fingerprint density at radius 1 is 1.07 bits per heavy atom. The maximum Gasteiger partial charge on any atom is 0.373 e. The number of allylic oxidation sites excluding steroid dienone is 1. The number of carbonyl (C=O) groups excluding carboxylic acids is 2. The van der Waals surface area contributed by atoms with Crippen molar-refractivity contribution in [2.75, 3.05) is 47.1 Å². The molecule has 1 aliphatic rings. The van der Waals surface area contributed by atoms with Gasteiger partial charge in [-0.05, 0) is 48.0 Å². The Bertz CT molecular complexity index is 1290. The molecular formula is C28H33NO10S. The van der Waals surface area contributed by atoms with Crippen LogP contribution in [-0.2, 0) is 33.8 Å². The molecule has 0 aromatic heterocycles. The zero-order valence-electron chi connectivity index (χ0n) is 22.4. The van der Waals surface area contributed by atoms with Gasteiger partial charge in [0, 0.05) is 25.4 Å². The molecule has 0 saturated carbocycles. The highest BCUT2D eigenvalue weighted by atomic mass is 32.2. The van der Waals surface area contributed by atoms with Crippen molar-refractivity contribution in [1.29, 1.82) is 0 Å². The van der Waals surface area contributed by atoms with Crippen molar-refractivity contribution in [2.45, 2.75) is 23.5 Å². The predicted octanol–water partition coefficient (Wildman–Crippen LogP) is 2.62. The van der Waals surface area contributed by atoms with E-state index in [0.717, 1.165) is 9.87 Å². The molecule has 2 aromatic carbocycles. The summed E-state index contributed by atoms with van der Waals surface area (Å²) in [6.45, 7) is 2.83. The van der Waals surface area contributed by atoms with Crippen LogP contribution < -0.4 is 4.74 Å². The maximum absolute atomic E-state index is 13.2. The van der Waals surface area contributed by atoms with Crippen LogP contribution in [0.2, 0.25) is 0 Å². The third kappa shape index (κ3) is 7.92. The van der Waals surface area contributed by atoms with Crippen LogP contribution in [0.25, 0.3) is 0 Å². The van der Waals surface area contributed by atoms with Crippen LogP contribution in [0, 0.1) is 0 Å². The van der Waals surface area contributed by atoms with Crippen molar-refractivity contribution >= 4 is 22.0 Å². The lowest BCUT2D eigenvalue weighted by Crippen LogP contribution is -2.37. The summed E-state index contributed by atoms with van der Waals surface area (Å²) in [5.74, 6) is -1.05. The molecule has 0 amide bonds. The number of methoxy groups -OCH3 is 2. The fourth-order valence-electron chi connectivity index (χ4n) is 3.97. The van der Waals surface area contributed by atoms with Crippen molar-refractivity contribution in [2.24, 2.45) is 0 Å². The maximum atomic E-state index is 13.2. The second-order valence-corrected chi connectivity index (χ2v) is 10.5. The summed E-state index contributed by atoms with van der Waals surface area (Å²) in [6, 6.07) is 12.6. The summed E-state index contributed by atoms with van der Waals surface area (Å²) in [7, 11) is -1.15. The van der Waals surface area contributed by atoms with Crippen LogP contribution in [-0.4, -0.2) is 83.2 Å². The zero-order chi connectivity index (χ0) is 29.1. The average molecular weight is 576 g/mol. The van der Waals surface area contributed by atoms with Crippen LogP contribution in [0.3, 0.4) is 0 Å². The SMILES string of the molecule is C=CCOC(=O)C1=C[C@H](c2ccc(C(=O)OC)cc2)C[C@H](OCCN(CCO)S(=O)(=O)c2ccc(OC)cc2)O1. The fourth-order valence-corrected chi connectivity index (χ4v) is 5.39. The molecule has 2 atom stereocenters. The van der Waals surface area contributed by atoms with E-state index in [1.54, 1.807) is 30.3 Å². The number of aliphatic hydroxyl groups is 1. The molecule has 1 aliphatic heterocycles. The van der Waals surface area contributed by atoms with E-state index in [4.69, 9.17) is 23.7 Å². The molecule has 0 unspecified atom stereocenters. The normalized spacial score (nSPS) is 16.9. The van der Waals surface area contributed by atoms with Crippen LogP contribution in [0.1, 0.15) is 28.3 Å². The minimum Gasteiger partial charge on any atom is -0.497 e. The minimum absolute atomic E-state index is 0.0110. The summed E-state index contributed by atoms with van der Waals surface area (Å²) in [4.78, 5) is 24.4. The number of esters is 2. The van der Waals surface area contributed by atoms with E-state index in [-0.39, 0.29) is 49.5 Å². The van der Waals surface area contributed by atoms with Gasteiger partial charge in [-0.2, -0.15) is 4.31 Å². The smallest absolute Gasteiger partial charge is 0.373 e. The molecule has 12 heteroatoms. The van der Waals surface area contributed by atoms with Gasteiger partial charge in [-0.15, -0.1) is 0 Å². The largest absolute Gasteiger partial charge is 0.497 e. The number of ether oxygens (including phenoxy) is 5. The number of rotatable bonds is 14. The number of aliphatic hydroxyl groups excluding tert-OH is 1. The molecule has 0 spiro atoms. The summed E-state index contributed by atoms with van der Waals surface area (Å²) in [5, 5.41) is 9.49. The lowest BCUT2D eigenvalue weighted by atomic mass is 9.92. The van der Waals surface area contributed by atoms with Crippen LogP contribution in [0.15, 0.2) is 77.9 Å². The Hall–Kier alpha value is -3.71. The van der Waals surface area contributed by atoms with E-state index in [9.17, 15) is 23.1 Å². The molecule has 2 aromatic rings. The molecule has 0 fully saturated rings. The molecule has 11 nitrogen and oxygen atoms in total. The van der Waals surface area contributed by atoms with Crippen LogP contribution >= 0.6 is 0 Å². The van der Waals surface area contributed by atoms with Gasteiger partial charge < -0.3 is 28.8 Å². The van der Waals surface area contributed by atoms with Crippen molar-refractivity contribution in [1.82, 2.24) is 4.31 Å². The number of benzene rings is 2. The number of carbonyl (C=O) groups is 2. The molecule has 0 radical (unpaired) electrons. The monoisotopic (exact) mass is 575 g/mol. The first-order valence-electron chi connectivity index (χ1n) is 12.4. The lowest BCUT2D eigenvalue weighted by Gasteiger charge is -2.30. The van der Waals surface area contributed by atoms with Crippen molar-refractivity contribution in [3.63, 3.8) is 0 Å². The van der Waals surface area contributed by atoms with Gasteiger partial charge in [-0.25, -0.2) is 18.0 Å². The Morgan fingerprint density at radius 2 is 1.77 bits per heavy atom. The summed E-state index contributed by atoms with van der Waals surface area (Å²) in [6.07, 6.45) is 2.45. The van der Waals surface area contributed by atoms with Crippen molar-refractivity contribution in [3.05, 3.63) is 84.1 Å². The second-order valence-electron chi connectivity index (χ2n) is 8.60. The summed E-state index contributed by atoms with van der Waals surface area (Å²) >= 11 is 0. The number of sulfonamides is 1. The first-order chi connectivity index (χ1) is 19.2. The third-order valence-corrected chi connectivity index (χ3v) is 7.95. The van der Waals surface area contributed by atoms with Gasteiger partial charge in [-0.3, -0.25) is 0 Å². The highest BCUT2D eigenvalue weighted by Gasteiger charge is 2.31. The highest BCUT2D eigenvalue weighted by molar-refractivity contribution is 7.89. The molecule has 40 heavy (non-hydrogen) atoms. The van der Waals surface area contributed by atoms with Gasteiger partial charge in [0.05, 0.1) is 37.9 Å². The molecule has 0 bridgehead atoms. The third-order valence-electron chi connectivity index (χ3n) is 6.04. The van der Waals surface area contributed by atoms with Crippen LogP contribution in [0.5, 0.6) is 5.75 Å². The number of hydrogen-bond acceptors (Lipinski definition) is 10. The van der Waals surface area contributed by atoms with E-state index in [1.165, 1.54) is 44.6 Å². The number of hydrogen-bond donors (Lipinski definition) is 1. The van der Waals surface area contributed by atoms with Gasteiger partial charge in [0.15, 0.2) is 0 Å². The Morgan fingerprint density at radius 3 is 2.38 bits per heavy atom. The minimum atomic E-state index is -3.93. The molecule has 0 aliphatic carbocycles. The van der Waals surface area contributed by atoms with Gasteiger partial charge in [0.2, 0.25) is 22.1 Å². The predicted molar refractivity (Wildman–Crippen MR) is 144 cm³/mol. The Balaban J connectivity index is 1.73. The lowest BCUT2D eigenvalue weighted by molar-refractivity contribution is -0.160. The van der Waals surface area contributed by atoms with E-state index in [1.807, 2.05) is 0 Å². The quantitative estimate of drug-likeness (QED) is 0.264. The highest BCUT2D eigenvalue weighted by Crippen LogP contribution is 2.32. The second kappa shape index (κ2) is 14.6. The first kappa shape index (κ1) is 30.8. The fraction of sp³-hybridized carbons (Fsp3) is 0.357. The van der Waals surface area contributed by atoms with Crippen molar-refractivity contribution < 1.29 is 46.8 Å². The van der Waals surface area contributed by atoms with Gasteiger partial charge in [0.25, 0.3) is 0 Å². The number of nitrogens with zero attached hydrogens (tertiary/aromatic N) is 1. The standard InChI is InChI=1S/C28H33NO10S/c1-4-16-38-28(32)25-18-22(20-5-7-21(8-6-20)27(31)36-3)19-26(39-25)37-17-14-29(13-15-30)40(33,34)24-11-9-23(35-2)10-12-24/h4-12,18,22,26,30H,1,13-17,19H2,2-3H3/t22-,26+/m0/s1. The van der Waals surface area contributed by atoms with E-state index in [2.05, 4.69) is 6.58 Å². The van der Waals surface area contributed by atoms with Crippen LogP contribution in [0.4, 0.5) is 0 Å². The Kier molecular flexibility index (Phi) is 11.3. The molecule has 0 saturated heterocycles. The first-order valence-corrected chi connectivity index (χ1v) is 13.9. The zero-order valence-corrected chi connectivity index (χ0v) is 23.2. The molecule has 216 valence electrons. The van der Waals surface area contributed by atoms with E-state index >= 15 is 0 Å². The Labute approximate surface area is 233 Å². The summed E-state index contributed by atoms with van der Waals surface area (Å²) < 4.78 is 54.0. The average Bonchev–Trinajstić information content (AvgIpc) is 2.98. The van der Waals surface area contributed by atoms with Crippen molar-refractivity contribution in [3.8, 4) is 5.75 Å². The van der Waals surface area contributed by atoms with E-state index < -0.39 is 28.3 Å². The molecule has 3 rings (SSSR count). The van der Waals surface area contributed by atoms with Gasteiger partial charge in [0.1, 0.15) is 12.4 Å². The van der Waals surface area contributed by atoms with Gasteiger partial charge in [-0.1, -0.05) is 24.8 Å². The van der Waals surface area contributed by atoms with E-state index in [0.29, 0.717) is 17.7 Å². The molecule has 1 N–H and O–H groups in total. The molecular weight excluding hydrogens is 542 g/mol. The summed E-state index contributed by atoms with van der Waals surface area (Å²) in [5.41, 5.74) is 1.17.